The quantitative estimate of drug-likeness (QED) is 0.191. The number of nitrogens with one attached hydrogen (secondary N) is 1. The van der Waals surface area contributed by atoms with Crippen LogP contribution in [0.1, 0.15) is 31.0 Å². The van der Waals surface area contributed by atoms with Gasteiger partial charge in [0.25, 0.3) is 5.78 Å². The summed E-state index contributed by atoms with van der Waals surface area (Å²) >= 11 is 0. The zero-order chi connectivity index (χ0) is 26.1. The van der Waals surface area contributed by atoms with E-state index in [1.165, 1.54) is 11.0 Å². The Morgan fingerprint density at radius 2 is 1.73 bits per heavy atom. The van der Waals surface area contributed by atoms with Crippen molar-refractivity contribution in [3.8, 4) is 17.2 Å². The van der Waals surface area contributed by atoms with Crippen molar-refractivity contribution >= 4 is 34.4 Å². The molecule has 4 aromatic rings. The molecule has 188 valence electrons. The fraction of sp³-hybridized carbons (Fsp3) is 0.179. The van der Waals surface area contributed by atoms with E-state index in [0.717, 1.165) is 0 Å². The maximum Gasteiger partial charge on any atom is 0.302 e. The lowest BCUT2D eigenvalue weighted by Crippen LogP contribution is -2.30. The molecule has 1 aliphatic rings. The second kappa shape index (κ2) is 9.69. The number of fused-ring (bicyclic) bond motifs is 1. The molecule has 1 amide bonds. The van der Waals surface area contributed by atoms with Gasteiger partial charge in [0.2, 0.25) is 5.95 Å². The van der Waals surface area contributed by atoms with E-state index in [1.54, 1.807) is 49.4 Å². The van der Waals surface area contributed by atoms with Crippen LogP contribution in [0.3, 0.4) is 0 Å². The number of ketones is 1. The first kappa shape index (κ1) is 23.9. The molecule has 1 unspecified atom stereocenters. The van der Waals surface area contributed by atoms with Crippen molar-refractivity contribution in [3.05, 3.63) is 83.4 Å². The summed E-state index contributed by atoms with van der Waals surface area (Å²) in [6.45, 7) is 4.42. The number of aliphatic hydroxyl groups is 1. The second-order valence-electron chi connectivity index (χ2n) is 8.36. The van der Waals surface area contributed by atoms with Gasteiger partial charge in [-0.25, -0.2) is 4.98 Å². The fourth-order valence-electron chi connectivity index (χ4n) is 4.42. The molecule has 5 rings (SSSR count). The molecular weight excluding hydrogens is 474 g/mol. The van der Waals surface area contributed by atoms with E-state index in [2.05, 4.69) is 9.97 Å². The number of hydrogen-bond acceptors (Lipinski definition) is 7. The molecule has 9 heteroatoms. The van der Waals surface area contributed by atoms with Crippen molar-refractivity contribution in [2.75, 3.05) is 18.1 Å². The van der Waals surface area contributed by atoms with E-state index < -0.39 is 17.7 Å². The molecule has 1 fully saturated rings. The third kappa shape index (κ3) is 4.24. The minimum absolute atomic E-state index is 0.0854. The Labute approximate surface area is 212 Å². The van der Waals surface area contributed by atoms with Crippen molar-refractivity contribution in [1.82, 2.24) is 9.97 Å². The summed E-state index contributed by atoms with van der Waals surface area (Å²) in [4.78, 5) is 35.6. The number of imidazole rings is 1. The summed E-state index contributed by atoms with van der Waals surface area (Å²) in [6.07, 6.45) is 0. The number of carbonyl (C=O) groups excluding carboxylic acids is 2. The van der Waals surface area contributed by atoms with Crippen molar-refractivity contribution in [2.45, 2.75) is 19.9 Å². The molecule has 1 aromatic heterocycles. The average molecular weight is 500 g/mol. The van der Waals surface area contributed by atoms with Crippen LogP contribution in [0.5, 0.6) is 17.2 Å². The molecule has 37 heavy (non-hydrogen) atoms. The van der Waals surface area contributed by atoms with Crippen LogP contribution >= 0.6 is 0 Å². The summed E-state index contributed by atoms with van der Waals surface area (Å²) in [6, 6.07) is 17.4. The summed E-state index contributed by atoms with van der Waals surface area (Å²) in [7, 11) is 0. The molecule has 3 aromatic carbocycles. The SMILES string of the molecule is CCOc1ccc(/C(O)=C2\C(=O)C(=O)N(c3nc4ccccc4[nH]3)C2c2ccc(O)c(OCC)c2)cc1. The molecular formula is C28H25N3O6. The van der Waals surface area contributed by atoms with Crippen molar-refractivity contribution < 1.29 is 29.3 Å². The number of aromatic nitrogens is 2. The lowest BCUT2D eigenvalue weighted by atomic mass is 9.95. The molecule has 0 bridgehead atoms. The van der Waals surface area contributed by atoms with Gasteiger partial charge in [-0.1, -0.05) is 18.2 Å². The molecule has 0 spiro atoms. The standard InChI is InChI=1S/C28H25N3O6/c1-3-36-18-12-9-16(10-13-18)25(33)23-24(17-11-14-21(32)22(15-17)37-4-2)31(27(35)26(23)34)28-29-19-7-5-6-8-20(19)30-28/h5-15,24,32-33H,3-4H2,1-2H3,(H,29,30)/b25-23+. The highest BCUT2D eigenvalue weighted by atomic mass is 16.5. The van der Waals surface area contributed by atoms with Crippen molar-refractivity contribution in [3.63, 3.8) is 0 Å². The highest BCUT2D eigenvalue weighted by molar-refractivity contribution is 6.51. The number of phenols is 1. The minimum atomic E-state index is -1.04. The predicted molar refractivity (Wildman–Crippen MR) is 138 cm³/mol. The van der Waals surface area contributed by atoms with Gasteiger partial charge in [0.1, 0.15) is 11.5 Å². The molecule has 0 aliphatic carbocycles. The van der Waals surface area contributed by atoms with E-state index in [1.807, 2.05) is 25.1 Å². The number of phenolic OH excluding ortho intramolecular Hbond substituents is 1. The zero-order valence-corrected chi connectivity index (χ0v) is 20.3. The van der Waals surface area contributed by atoms with Crippen molar-refractivity contribution in [2.24, 2.45) is 0 Å². The van der Waals surface area contributed by atoms with Gasteiger partial charge in [-0.15, -0.1) is 0 Å². The van der Waals surface area contributed by atoms with E-state index in [-0.39, 0.29) is 28.8 Å². The number of Topliss-reactive ketones (excluding diaryl/α,β-unsaturated/α-hetero) is 1. The number of ether oxygens (including phenoxy) is 2. The van der Waals surface area contributed by atoms with Crippen LogP contribution in [0.25, 0.3) is 16.8 Å². The van der Waals surface area contributed by atoms with Gasteiger partial charge in [-0.2, -0.15) is 0 Å². The monoisotopic (exact) mass is 499 g/mol. The molecule has 9 nitrogen and oxygen atoms in total. The Morgan fingerprint density at radius 1 is 1.00 bits per heavy atom. The number of carbonyl (C=O) groups is 2. The van der Waals surface area contributed by atoms with E-state index >= 15 is 0 Å². The molecule has 1 saturated heterocycles. The van der Waals surface area contributed by atoms with Crippen LogP contribution in [0, 0.1) is 0 Å². The number of amides is 1. The van der Waals surface area contributed by atoms with Crippen LogP contribution in [0.2, 0.25) is 0 Å². The third-order valence-corrected chi connectivity index (χ3v) is 6.09. The van der Waals surface area contributed by atoms with Crippen LogP contribution in [0.4, 0.5) is 5.95 Å². The van der Waals surface area contributed by atoms with Gasteiger partial charge in [-0.3, -0.25) is 14.5 Å². The van der Waals surface area contributed by atoms with Crippen LogP contribution in [0.15, 0.2) is 72.3 Å². The number of anilines is 1. The molecule has 1 aliphatic heterocycles. The van der Waals surface area contributed by atoms with Crippen molar-refractivity contribution in [1.29, 1.82) is 0 Å². The Morgan fingerprint density at radius 3 is 2.43 bits per heavy atom. The highest BCUT2D eigenvalue weighted by Gasteiger charge is 2.48. The second-order valence-corrected chi connectivity index (χ2v) is 8.36. The number of aliphatic hydroxyl groups excluding tert-OH is 1. The predicted octanol–water partition coefficient (Wildman–Crippen LogP) is 4.69. The first-order chi connectivity index (χ1) is 17.9. The van der Waals surface area contributed by atoms with Gasteiger partial charge in [0.05, 0.1) is 35.9 Å². The van der Waals surface area contributed by atoms with Gasteiger partial charge in [0, 0.05) is 5.56 Å². The maximum atomic E-state index is 13.4. The van der Waals surface area contributed by atoms with E-state index in [9.17, 15) is 19.8 Å². The number of nitrogens with zero attached hydrogens (tertiary/aromatic N) is 2. The molecule has 0 radical (unpaired) electrons. The number of hydrogen-bond donors (Lipinski definition) is 3. The van der Waals surface area contributed by atoms with Gasteiger partial charge in [-0.05, 0) is 67.9 Å². The topological polar surface area (TPSA) is 125 Å². The third-order valence-electron chi connectivity index (χ3n) is 6.09. The largest absolute Gasteiger partial charge is 0.507 e. The molecule has 3 N–H and O–H groups in total. The number of aromatic hydroxyl groups is 1. The lowest BCUT2D eigenvalue weighted by Gasteiger charge is -2.23. The summed E-state index contributed by atoms with van der Waals surface area (Å²) < 4.78 is 11.0. The molecule has 0 saturated carbocycles. The highest BCUT2D eigenvalue weighted by Crippen LogP contribution is 2.43. The maximum absolute atomic E-state index is 13.4. The summed E-state index contributed by atoms with van der Waals surface area (Å²) in [5.74, 6) is -1.17. The number of benzene rings is 3. The Balaban J connectivity index is 1.70. The Bertz CT molecular complexity index is 1490. The normalized spacial score (nSPS) is 16.9. The van der Waals surface area contributed by atoms with Crippen LogP contribution < -0.4 is 14.4 Å². The van der Waals surface area contributed by atoms with Crippen LogP contribution in [-0.2, 0) is 9.59 Å². The number of para-hydroxylation sites is 2. The molecule has 2 heterocycles. The first-order valence-corrected chi connectivity index (χ1v) is 11.9. The van der Waals surface area contributed by atoms with E-state index in [0.29, 0.717) is 41.1 Å². The van der Waals surface area contributed by atoms with Crippen LogP contribution in [-0.4, -0.2) is 45.1 Å². The number of rotatable bonds is 7. The minimum Gasteiger partial charge on any atom is -0.507 e. The van der Waals surface area contributed by atoms with Gasteiger partial charge in [0.15, 0.2) is 11.5 Å². The zero-order valence-electron chi connectivity index (χ0n) is 20.3. The van der Waals surface area contributed by atoms with Gasteiger partial charge < -0.3 is 24.7 Å². The van der Waals surface area contributed by atoms with Gasteiger partial charge >= 0.3 is 5.91 Å². The first-order valence-electron chi connectivity index (χ1n) is 11.9. The smallest absolute Gasteiger partial charge is 0.302 e. The summed E-state index contributed by atoms with van der Waals surface area (Å²) in [5, 5.41) is 21.6. The Hall–Kier alpha value is -4.79. The summed E-state index contributed by atoms with van der Waals surface area (Å²) in [5.41, 5.74) is 1.99. The fourth-order valence-corrected chi connectivity index (χ4v) is 4.42. The average Bonchev–Trinajstić information content (AvgIpc) is 3.44. The Kier molecular flexibility index (Phi) is 6.27. The lowest BCUT2D eigenvalue weighted by molar-refractivity contribution is -0.132. The number of aromatic amines is 1. The molecule has 1 atom stereocenters. The van der Waals surface area contributed by atoms with E-state index in [4.69, 9.17) is 9.47 Å². The number of H-pyrrole nitrogens is 1.